The molecule has 1 unspecified atom stereocenters. The number of nitrogens with two attached hydrogens (primary N) is 1. The average Bonchev–Trinajstić information content (AvgIpc) is 2.89. The molecule has 1 aromatic heterocycles. The van der Waals surface area contributed by atoms with Gasteiger partial charge in [0.05, 0.1) is 6.04 Å². The van der Waals surface area contributed by atoms with Crippen molar-refractivity contribution in [2.75, 3.05) is 0 Å². The number of hydrogen-bond acceptors (Lipinski definition) is 3. The topological polar surface area (TPSA) is 55.9 Å². The van der Waals surface area contributed by atoms with E-state index in [1.165, 1.54) is 5.56 Å². The van der Waals surface area contributed by atoms with E-state index >= 15 is 0 Å². The summed E-state index contributed by atoms with van der Waals surface area (Å²) in [5.74, 6) is 6.84. The van der Waals surface area contributed by atoms with Gasteiger partial charge in [-0.2, -0.15) is 0 Å². The molecule has 1 atom stereocenters. The van der Waals surface area contributed by atoms with Crippen LogP contribution in [-0.2, 0) is 12.0 Å². The fourth-order valence-electron chi connectivity index (χ4n) is 2.65. The van der Waals surface area contributed by atoms with Crippen LogP contribution in [0.1, 0.15) is 44.6 Å². The molecule has 0 aliphatic heterocycles. The summed E-state index contributed by atoms with van der Waals surface area (Å²) in [4.78, 5) is 4.52. The summed E-state index contributed by atoms with van der Waals surface area (Å²) in [6.45, 7) is 7.50. The van der Waals surface area contributed by atoms with Crippen LogP contribution in [0.15, 0.2) is 42.7 Å². The summed E-state index contributed by atoms with van der Waals surface area (Å²) in [6.07, 6.45) is 4.94. The molecule has 0 fully saturated rings. The van der Waals surface area contributed by atoms with Crippen LogP contribution < -0.4 is 11.3 Å². The molecule has 20 heavy (non-hydrogen) atoms. The van der Waals surface area contributed by atoms with Crippen molar-refractivity contribution in [2.24, 2.45) is 5.84 Å². The molecule has 108 valence electrons. The summed E-state index contributed by atoms with van der Waals surface area (Å²) < 4.78 is 2.18. The smallest absolute Gasteiger partial charge is 0.128 e. The number of benzene rings is 1. The highest BCUT2D eigenvalue weighted by atomic mass is 15.3. The first-order valence-corrected chi connectivity index (χ1v) is 7.14. The van der Waals surface area contributed by atoms with Crippen molar-refractivity contribution < 1.29 is 0 Å². The number of hydrazine groups is 1. The maximum Gasteiger partial charge on any atom is 0.128 e. The lowest BCUT2D eigenvalue weighted by Crippen LogP contribution is -2.42. The SMILES string of the molecule is CCCn1ccnc1C(NN)C(C)(C)c1ccccc1. The average molecular weight is 272 g/mol. The normalized spacial score (nSPS) is 13.4. The van der Waals surface area contributed by atoms with Gasteiger partial charge in [0.15, 0.2) is 0 Å². The molecule has 0 saturated carbocycles. The molecule has 0 spiro atoms. The van der Waals surface area contributed by atoms with E-state index < -0.39 is 0 Å². The quantitative estimate of drug-likeness (QED) is 0.628. The van der Waals surface area contributed by atoms with Crippen molar-refractivity contribution >= 4 is 0 Å². The number of nitrogens with zero attached hydrogens (tertiary/aromatic N) is 2. The van der Waals surface area contributed by atoms with Crippen LogP contribution in [0.25, 0.3) is 0 Å². The van der Waals surface area contributed by atoms with Gasteiger partial charge in [-0.3, -0.25) is 5.84 Å². The Balaban J connectivity index is 2.38. The zero-order valence-electron chi connectivity index (χ0n) is 12.5. The molecule has 0 aliphatic carbocycles. The van der Waals surface area contributed by atoms with Crippen molar-refractivity contribution in [1.29, 1.82) is 0 Å². The van der Waals surface area contributed by atoms with Gasteiger partial charge >= 0.3 is 0 Å². The number of nitrogens with one attached hydrogen (secondary N) is 1. The van der Waals surface area contributed by atoms with E-state index in [2.05, 4.69) is 60.0 Å². The van der Waals surface area contributed by atoms with Crippen molar-refractivity contribution in [1.82, 2.24) is 15.0 Å². The first kappa shape index (κ1) is 14.8. The first-order chi connectivity index (χ1) is 9.61. The minimum absolute atomic E-state index is 0.0357. The predicted molar refractivity (Wildman–Crippen MR) is 82.1 cm³/mol. The molecule has 2 aromatic rings. The summed E-state index contributed by atoms with van der Waals surface area (Å²) >= 11 is 0. The Hall–Kier alpha value is -1.65. The van der Waals surface area contributed by atoms with E-state index in [4.69, 9.17) is 5.84 Å². The molecular formula is C16H24N4. The fraction of sp³-hybridized carbons (Fsp3) is 0.438. The third kappa shape index (κ3) is 2.76. The minimum atomic E-state index is -0.146. The predicted octanol–water partition coefficient (Wildman–Crippen LogP) is 2.78. The van der Waals surface area contributed by atoms with Gasteiger partial charge in [0.1, 0.15) is 5.82 Å². The highest BCUT2D eigenvalue weighted by Crippen LogP contribution is 2.35. The second-order valence-electron chi connectivity index (χ2n) is 5.67. The standard InChI is InChI=1S/C16H24N4/c1-4-11-20-12-10-18-15(20)14(19-17)16(2,3)13-8-6-5-7-9-13/h5-10,12,14,19H,4,11,17H2,1-3H3. The Morgan fingerprint density at radius 3 is 2.60 bits per heavy atom. The Morgan fingerprint density at radius 1 is 1.30 bits per heavy atom. The Bertz CT molecular complexity index is 530. The number of rotatable bonds is 6. The molecule has 0 saturated heterocycles. The minimum Gasteiger partial charge on any atom is -0.334 e. The van der Waals surface area contributed by atoms with Gasteiger partial charge in [-0.15, -0.1) is 0 Å². The van der Waals surface area contributed by atoms with E-state index in [0.717, 1.165) is 18.8 Å². The molecule has 2 rings (SSSR count). The van der Waals surface area contributed by atoms with Crippen LogP contribution in [0.2, 0.25) is 0 Å². The van der Waals surface area contributed by atoms with Crippen molar-refractivity contribution in [3.63, 3.8) is 0 Å². The van der Waals surface area contributed by atoms with E-state index in [-0.39, 0.29) is 11.5 Å². The lowest BCUT2D eigenvalue weighted by Gasteiger charge is -2.34. The molecule has 0 amide bonds. The van der Waals surface area contributed by atoms with Gasteiger partial charge < -0.3 is 4.57 Å². The van der Waals surface area contributed by atoms with Gasteiger partial charge in [-0.1, -0.05) is 51.1 Å². The zero-order chi connectivity index (χ0) is 14.6. The second-order valence-corrected chi connectivity index (χ2v) is 5.67. The molecule has 0 bridgehead atoms. The maximum atomic E-state index is 5.85. The molecule has 1 aromatic carbocycles. The van der Waals surface area contributed by atoms with Gasteiger partial charge in [0.25, 0.3) is 0 Å². The Morgan fingerprint density at radius 2 is 2.00 bits per heavy atom. The van der Waals surface area contributed by atoms with Crippen LogP contribution >= 0.6 is 0 Å². The zero-order valence-corrected chi connectivity index (χ0v) is 12.5. The van der Waals surface area contributed by atoms with E-state index in [9.17, 15) is 0 Å². The van der Waals surface area contributed by atoms with Gasteiger partial charge in [-0.05, 0) is 12.0 Å². The van der Waals surface area contributed by atoms with E-state index in [1.54, 1.807) is 0 Å². The third-order valence-corrected chi connectivity index (χ3v) is 3.88. The number of aryl methyl sites for hydroxylation is 1. The lowest BCUT2D eigenvalue weighted by molar-refractivity contribution is 0.328. The van der Waals surface area contributed by atoms with E-state index in [0.29, 0.717) is 0 Å². The van der Waals surface area contributed by atoms with Crippen molar-refractivity contribution in [3.8, 4) is 0 Å². The first-order valence-electron chi connectivity index (χ1n) is 7.14. The molecule has 3 N–H and O–H groups in total. The summed E-state index contributed by atoms with van der Waals surface area (Å²) in [5, 5.41) is 0. The number of aromatic nitrogens is 2. The van der Waals surface area contributed by atoms with Gasteiger partial charge in [0, 0.05) is 24.4 Å². The Labute approximate surface area is 121 Å². The van der Waals surface area contributed by atoms with Gasteiger partial charge in [0.2, 0.25) is 0 Å². The molecule has 0 aliphatic rings. The fourth-order valence-corrected chi connectivity index (χ4v) is 2.65. The van der Waals surface area contributed by atoms with Crippen LogP contribution in [0, 0.1) is 0 Å². The summed E-state index contributed by atoms with van der Waals surface area (Å²) in [5.41, 5.74) is 4.06. The molecule has 4 heteroatoms. The third-order valence-electron chi connectivity index (χ3n) is 3.88. The molecule has 0 radical (unpaired) electrons. The van der Waals surface area contributed by atoms with Gasteiger partial charge in [-0.25, -0.2) is 10.4 Å². The van der Waals surface area contributed by atoms with Crippen LogP contribution in [0.3, 0.4) is 0 Å². The molecule has 4 nitrogen and oxygen atoms in total. The summed E-state index contributed by atoms with van der Waals surface area (Å²) in [7, 11) is 0. The number of imidazole rings is 1. The Kier molecular flexibility index (Phi) is 4.57. The van der Waals surface area contributed by atoms with Crippen molar-refractivity contribution in [3.05, 3.63) is 54.1 Å². The molecular weight excluding hydrogens is 248 g/mol. The summed E-state index contributed by atoms with van der Waals surface area (Å²) in [6, 6.07) is 10.4. The monoisotopic (exact) mass is 272 g/mol. The lowest BCUT2D eigenvalue weighted by atomic mass is 9.77. The van der Waals surface area contributed by atoms with Crippen molar-refractivity contribution in [2.45, 2.75) is 45.2 Å². The largest absolute Gasteiger partial charge is 0.334 e. The number of hydrogen-bond donors (Lipinski definition) is 2. The molecule has 1 heterocycles. The van der Waals surface area contributed by atoms with E-state index in [1.807, 2.05) is 18.5 Å². The highest BCUT2D eigenvalue weighted by molar-refractivity contribution is 5.27. The van der Waals surface area contributed by atoms with Crippen LogP contribution in [0.5, 0.6) is 0 Å². The van der Waals surface area contributed by atoms with Crippen LogP contribution in [-0.4, -0.2) is 9.55 Å². The maximum absolute atomic E-state index is 5.85. The van der Waals surface area contributed by atoms with Crippen LogP contribution in [0.4, 0.5) is 0 Å². The highest BCUT2D eigenvalue weighted by Gasteiger charge is 2.34. The second kappa shape index (κ2) is 6.20.